The number of aromatic amines is 1. The normalized spacial score (nSPS) is 10.5. The summed E-state index contributed by atoms with van der Waals surface area (Å²) < 4.78 is 0. The molecule has 0 saturated carbocycles. The number of benzene rings is 1. The molecule has 3 rings (SSSR count). The van der Waals surface area contributed by atoms with Crippen molar-refractivity contribution in [3.05, 3.63) is 41.4 Å². The average molecular weight is 288 g/mol. The molecule has 3 aromatic rings. The standard InChI is InChI=1S/C12H6ClN5S/c13-8-1-2-9(7(3-8)4-14)19-12-10-11(16-5-15-10)17-6-18-12/h1-3,5-6H,(H,15,16,17,18). The number of hydrogen-bond acceptors (Lipinski definition) is 5. The van der Waals surface area contributed by atoms with Crippen molar-refractivity contribution in [1.29, 1.82) is 5.26 Å². The van der Waals surface area contributed by atoms with Crippen LogP contribution in [0.15, 0.2) is 40.8 Å². The molecule has 5 nitrogen and oxygen atoms in total. The van der Waals surface area contributed by atoms with Crippen molar-refractivity contribution in [2.24, 2.45) is 0 Å². The lowest BCUT2D eigenvalue weighted by atomic mass is 10.2. The number of imidazole rings is 1. The molecule has 0 amide bonds. The first kappa shape index (κ1) is 12.0. The molecule has 92 valence electrons. The molecule has 7 heteroatoms. The van der Waals surface area contributed by atoms with Gasteiger partial charge in [0.2, 0.25) is 0 Å². The maximum absolute atomic E-state index is 9.12. The molecule has 0 bridgehead atoms. The maximum Gasteiger partial charge on any atom is 0.181 e. The summed E-state index contributed by atoms with van der Waals surface area (Å²) in [6.45, 7) is 0. The predicted octanol–water partition coefficient (Wildman–Crippen LogP) is 3.03. The van der Waals surface area contributed by atoms with Crippen LogP contribution >= 0.6 is 23.4 Å². The van der Waals surface area contributed by atoms with Gasteiger partial charge < -0.3 is 4.98 Å². The SMILES string of the molecule is N#Cc1cc(Cl)ccc1Sc1ncnc2nc[nH]c12. The van der Waals surface area contributed by atoms with E-state index in [-0.39, 0.29) is 0 Å². The fourth-order valence-corrected chi connectivity index (χ4v) is 2.69. The van der Waals surface area contributed by atoms with Crippen LogP contribution in [0.1, 0.15) is 5.56 Å². The van der Waals surface area contributed by atoms with Gasteiger partial charge >= 0.3 is 0 Å². The minimum atomic E-state index is 0.517. The quantitative estimate of drug-likeness (QED) is 0.733. The molecule has 0 spiro atoms. The molecule has 0 saturated heterocycles. The molecule has 1 aromatic carbocycles. The average Bonchev–Trinajstić information content (AvgIpc) is 2.90. The Hall–Kier alpha value is -2.10. The molecular weight excluding hydrogens is 282 g/mol. The first-order chi connectivity index (χ1) is 9.28. The number of aromatic nitrogens is 4. The summed E-state index contributed by atoms with van der Waals surface area (Å²) in [5.41, 5.74) is 1.88. The van der Waals surface area contributed by atoms with Crippen molar-refractivity contribution in [3.8, 4) is 6.07 Å². The van der Waals surface area contributed by atoms with E-state index in [0.717, 1.165) is 15.4 Å². The maximum atomic E-state index is 9.12. The summed E-state index contributed by atoms with van der Waals surface area (Å²) in [5.74, 6) is 0. The van der Waals surface area contributed by atoms with Crippen LogP contribution in [0.4, 0.5) is 0 Å². The first-order valence-corrected chi connectivity index (χ1v) is 6.49. The molecule has 1 N–H and O–H groups in total. The molecule has 0 fully saturated rings. The van der Waals surface area contributed by atoms with E-state index in [9.17, 15) is 0 Å². The fraction of sp³-hybridized carbons (Fsp3) is 0. The second kappa shape index (κ2) is 4.88. The summed E-state index contributed by atoms with van der Waals surface area (Å²) in [4.78, 5) is 16.1. The first-order valence-electron chi connectivity index (χ1n) is 5.29. The van der Waals surface area contributed by atoms with Crippen LogP contribution in [0, 0.1) is 11.3 Å². The lowest BCUT2D eigenvalue weighted by Gasteiger charge is -2.04. The molecule has 2 aromatic heterocycles. The van der Waals surface area contributed by atoms with Crippen LogP contribution in [0.3, 0.4) is 0 Å². The van der Waals surface area contributed by atoms with Crippen LogP contribution in [-0.2, 0) is 0 Å². The zero-order valence-electron chi connectivity index (χ0n) is 9.46. The molecule has 0 radical (unpaired) electrons. The largest absolute Gasteiger partial charge is 0.341 e. The van der Waals surface area contributed by atoms with Gasteiger partial charge in [-0.1, -0.05) is 23.4 Å². The van der Waals surface area contributed by atoms with Gasteiger partial charge in [-0.25, -0.2) is 15.0 Å². The van der Waals surface area contributed by atoms with E-state index in [1.54, 1.807) is 24.5 Å². The number of fused-ring (bicyclic) bond motifs is 1. The summed E-state index contributed by atoms with van der Waals surface area (Å²) >= 11 is 7.25. The van der Waals surface area contributed by atoms with Crippen molar-refractivity contribution in [1.82, 2.24) is 19.9 Å². The van der Waals surface area contributed by atoms with Gasteiger partial charge in [-0.2, -0.15) is 5.26 Å². The Labute approximate surface area is 117 Å². The van der Waals surface area contributed by atoms with Gasteiger partial charge in [0.25, 0.3) is 0 Å². The minimum Gasteiger partial charge on any atom is -0.341 e. The van der Waals surface area contributed by atoms with Crippen LogP contribution in [0.2, 0.25) is 5.02 Å². The third-order valence-electron chi connectivity index (χ3n) is 2.46. The molecule has 0 aliphatic heterocycles. The summed E-state index contributed by atoms with van der Waals surface area (Å²) in [7, 11) is 0. The minimum absolute atomic E-state index is 0.517. The zero-order valence-corrected chi connectivity index (χ0v) is 11.0. The third kappa shape index (κ3) is 2.26. The highest BCUT2D eigenvalue weighted by atomic mass is 35.5. The smallest absolute Gasteiger partial charge is 0.181 e. The lowest BCUT2D eigenvalue weighted by Crippen LogP contribution is -1.87. The number of nitrogens with one attached hydrogen (secondary N) is 1. The topological polar surface area (TPSA) is 78.2 Å². The Morgan fingerprint density at radius 3 is 3.00 bits per heavy atom. The second-order valence-electron chi connectivity index (χ2n) is 3.63. The number of nitriles is 1. The van der Waals surface area contributed by atoms with Crippen LogP contribution in [0.5, 0.6) is 0 Å². The highest BCUT2D eigenvalue weighted by Gasteiger charge is 2.10. The van der Waals surface area contributed by atoms with E-state index in [0.29, 0.717) is 16.2 Å². The number of H-pyrrole nitrogens is 1. The molecule has 0 aliphatic carbocycles. The molecule has 0 atom stereocenters. The summed E-state index contributed by atoms with van der Waals surface area (Å²) in [5, 5.41) is 10.4. The fourth-order valence-electron chi connectivity index (χ4n) is 1.60. The highest BCUT2D eigenvalue weighted by Crippen LogP contribution is 2.32. The zero-order chi connectivity index (χ0) is 13.2. The van der Waals surface area contributed by atoms with Crippen molar-refractivity contribution < 1.29 is 0 Å². The van der Waals surface area contributed by atoms with Crippen molar-refractivity contribution in [2.45, 2.75) is 9.92 Å². The number of hydrogen-bond donors (Lipinski definition) is 1. The number of nitrogens with zero attached hydrogens (tertiary/aromatic N) is 4. The Morgan fingerprint density at radius 2 is 2.16 bits per heavy atom. The third-order valence-corrected chi connectivity index (χ3v) is 3.77. The molecule has 0 unspecified atom stereocenters. The molecular formula is C12H6ClN5S. The van der Waals surface area contributed by atoms with Gasteiger partial charge in [0, 0.05) is 9.92 Å². The highest BCUT2D eigenvalue weighted by molar-refractivity contribution is 7.99. The van der Waals surface area contributed by atoms with Crippen molar-refractivity contribution >= 4 is 34.5 Å². The Bertz CT molecular complexity index is 792. The van der Waals surface area contributed by atoms with Crippen LogP contribution < -0.4 is 0 Å². The van der Waals surface area contributed by atoms with E-state index < -0.39 is 0 Å². The molecule has 2 heterocycles. The molecule has 19 heavy (non-hydrogen) atoms. The number of rotatable bonds is 2. The van der Waals surface area contributed by atoms with E-state index >= 15 is 0 Å². The van der Waals surface area contributed by atoms with E-state index in [1.165, 1.54) is 18.1 Å². The lowest BCUT2D eigenvalue weighted by molar-refractivity contribution is 1.08. The van der Waals surface area contributed by atoms with Gasteiger partial charge in [-0.05, 0) is 18.2 Å². The van der Waals surface area contributed by atoms with E-state index in [4.69, 9.17) is 16.9 Å². The predicted molar refractivity (Wildman–Crippen MR) is 72.0 cm³/mol. The van der Waals surface area contributed by atoms with Crippen LogP contribution in [-0.4, -0.2) is 19.9 Å². The Balaban J connectivity index is 2.06. The Morgan fingerprint density at radius 1 is 1.26 bits per heavy atom. The number of halogens is 1. The van der Waals surface area contributed by atoms with Gasteiger partial charge in [-0.15, -0.1) is 0 Å². The van der Waals surface area contributed by atoms with Gasteiger partial charge in [0.05, 0.1) is 11.9 Å². The second-order valence-corrected chi connectivity index (χ2v) is 5.10. The van der Waals surface area contributed by atoms with Gasteiger partial charge in [-0.3, -0.25) is 0 Å². The van der Waals surface area contributed by atoms with E-state index in [2.05, 4.69) is 26.0 Å². The van der Waals surface area contributed by atoms with Gasteiger partial charge in [0.15, 0.2) is 5.65 Å². The Kier molecular flexibility index (Phi) is 3.07. The van der Waals surface area contributed by atoms with Crippen LogP contribution in [0.25, 0.3) is 11.2 Å². The monoisotopic (exact) mass is 287 g/mol. The van der Waals surface area contributed by atoms with Gasteiger partial charge in [0.1, 0.15) is 22.9 Å². The van der Waals surface area contributed by atoms with Crippen molar-refractivity contribution in [3.63, 3.8) is 0 Å². The summed E-state index contributed by atoms with van der Waals surface area (Å²) in [6, 6.07) is 7.31. The van der Waals surface area contributed by atoms with Crippen molar-refractivity contribution in [2.75, 3.05) is 0 Å². The molecule has 0 aliphatic rings. The van der Waals surface area contributed by atoms with E-state index in [1.807, 2.05) is 0 Å². The summed E-state index contributed by atoms with van der Waals surface area (Å²) in [6.07, 6.45) is 3.02.